The lowest BCUT2D eigenvalue weighted by Crippen LogP contribution is -2.34. The minimum absolute atomic E-state index is 0.0576. The van der Waals surface area contributed by atoms with Gasteiger partial charge in [-0.05, 0) is 18.8 Å². The zero-order chi connectivity index (χ0) is 17.8. The first kappa shape index (κ1) is 17.9. The van der Waals surface area contributed by atoms with E-state index in [4.69, 9.17) is 0 Å². The van der Waals surface area contributed by atoms with Gasteiger partial charge in [0.05, 0.1) is 12.5 Å². The number of carbonyl (C=O) groups excluding carboxylic acids is 2. The van der Waals surface area contributed by atoms with Crippen LogP contribution in [-0.2, 0) is 16.1 Å². The van der Waals surface area contributed by atoms with Crippen LogP contribution >= 0.6 is 0 Å². The van der Waals surface area contributed by atoms with Gasteiger partial charge in [-0.15, -0.1) is 10.2 Å². The lowest BCUT2D eigenvalue weighted by Gasteiger charge is -2.24. The molecule has 25 heavy (non-hydrogen) atoms. The van der Waals surface area contributed by atoms with Gasteiger partial charge in [-0.1, -0.05) is 33.1 Å². The predicted octanol–water partition coefficient (Wildman–Crippen LogP) is 1.90. The van der Waals surface area contributed by atoms with E-state index in [0.717, 1.165) is 25.2 Å². The van der Waals surface area contributed by atoms with Gasteiger partial charge < -0.3 is 14.8 Å². The minimum Gasteiger partial charge on any atom is -0.348 e. The molecule has 1 aromatic heterocycles. The summed E-state index contributed by atoms with van der Waals surface area (Å²) >= 11 is 0. The van der Waals surface area contributed by atoms with Crippen LogP contribution in [0.5, 0.6) is 0 Å². The third-order valence-electron chi connectivity index (χ3n) is 5.21. The SMILES string of the molecule is CC(C)CN1C[C@@H](C(=O)NCc2nncn2C2CCCCC2)CC1=O. The third kappa shape index (κ3) is 4.38. The van der Waals surface area contributed by atoms with Crippen molar-refractivity contribution in [2.75, 3.05) is 13.1 Å². The van der Waals surface area contributed by atoms with Crippen LogP contribution in [0.25, 0.3) is 0 Å². The summed E-state index contributed by atoms with van der Waals surface area (Å²) in [5, 5.41) is 11.2. The predicted molar refractivity (Wildman–Crippen MR) is 93.5 cm³/mol. The van der Waals surface area contributed by atoms with E-state index in [2.05, 4.69) is 33.9 Å². The Morgan fingerprint density at radius 2 is 2.08 bits per heavy atom. The molecule has 1 saturated carbocycles. The second-order valence-corrected chi connectivity index (χ2v) is 7.76. The van der Waals surface area contributed by atoms with Crippen LogP contribution in [0.1, 0.15) is 64.2 Å². The summed E-state index contributed by atoms with van der Waals surface area (Å²) in [6, 6.07) is 0.449. The highest BCUT2D eigenvalue weighted by Gasteiger charge is 2.34. The van der Waals surface area contributed by atoms with Crippen molar-refractivity contribution in [3.63, 3.8) is 0 Å². The van der Waals surface area contributed by atoms with E-state index >= 15 is 0 Å². The topological polar surface area (TPSA) is 80.1 Å². The summed E-state index contributed by atoms with van der Waals surface area (Å²) in [5.41, 5.74) is 0. The maximum Gasteiger partial charge on any atom is 0.225 e. The van der Waals surface area contributed by atoms with Crippen LogP contribution in [0, 0.1) is 11.8 Å². The number of carbonyl (C=O) groups is 2. The molecule has 1 saturated heterocycles. The van der Waals surface area contributed by atoms with E-state index in [0.29, 0.717) is 31.5 Å². The second-order valence-electron chi connectivity index (χ2n) is 7.76. The van der Waals surface area contributed by atoms with Crippen molar-refractivity contribution in [1.82, 2.24) is 25.0 Å². The Bertz CT molecular complexity index is 606. The van der Waals surface area contributed by atoms with Crippen molar-refractivity contribution in [3.8, 4) is 0 Å². The van der Waals surface area contributed by atoms with Crippen molar-refractivity contribution < 1.29 is 9.59 Å². The van der Waals surface area contributed by atoms with Crippen molar-refractivity contribution in [2.24, 2.45) is 11.8 Å². The van der Waals surface area contributed by atoms with Gasteiger partial charge in [-0.2, -0.15) is 0 Å². The molecule has 1 atom stereocenters. The molecule has 0 aromatic carbocycles. The molecule has 0 radical (unpaired) electrons. The highest BCUT2D eigenvalue weighted by Crippen LogP contribution is 2.28. The number of nitrogens with zero attached hydrogens (tertiary/aromatic N) is 4. The molecule has 0 spiro atoms. The van der Waals surface area contributed by atoms with E-state index in [1.54, 1.807) is 11.2 Å². The van der Waals surface area contributed by atoms with Gasteiger partial charge >= 0.3 is 0 Å². The lowest BCUT2D eigenvalue weighted by molar-refractivity contribution is -0.129. The Morgan fingerprint density at radius 3 is 2.80 bits per heavy atom. The Kier molecular flexibility index (Phi) is 5.71. The maximum absolute atomic E-state index is 12.5. The molecule has 2 aliphatic rings. The van der Waals surface area contributed by atoms with Crippen molar-refractivity contribution >= 4 is 11.8 Å². The molecule has 2 amide bonds. The molecular weight excluding hydrogens is 318 g/mol. The van der Waals surface area contributed by atoms with Crippen LogP contribution in [-0.4, -0.2) is 44.6 Å². The average molecular weight is 347 g/mol. The van der Waals surface area contributed by atoms with Gasteiger partial charge in [0.2, 0.25) is 11.8 Å². The molecule has 3 rings (SSSR count). The van der Waals surface area contributed by atoms with Gasteiger partial charge in [0.25, 0.3) is 0 Å². The fourth-order valence-electron chi connectivity index (χ4n) is 3.93. The van der Waals surface area contributed by atoms with Gasteiger partial charge in [-0.25, -0.2) is 0 Å². The van der Waals surface area contributed by atoms with Crippen molar-refractivity contribution in [1.29, 1.82) is 0 Å². The lowest BCUT2D eigenvalue weighted by atomic mass is 9.95. The normalized spacial score (nSPS) is 22.0. The number of hydrogen-bond acceptors (Lipinski definition) is 4. The fourth-order valence-corrected chi connectivity index (χ4v) is 3.93. The van der Waals surface area contributed by atoms with Crippen molar-refractivity contribution in [2.45, 2.75) is 65.0 Å². The number of hydrogen-bond donors (Lipinski definition) is 1. The Hall–Kier alpha value is -1.92. The molecule has 0 unspecified atom stereocenters. The molecule has 1 N–H and O–H groups in total. The van der Waals surface area contributed by atoms with E-state index in [-0.39, 0.29) is 17.7 Å². The second kappa shape index (κ2) is 7.97. The minimum atomic E-state index is -0.252. The number of nitrogens with one attached hydrogen (secondary N) is 1. The van der Waals surface area contributed by atoms with Crippen LogP contribution < -0.4 is 5.32 Å². The van der Waals surface area contributed by atoms with Gasteiger partial charge in [0.15, 0.2) is 5.82 Å². The van der Waals surface area contributed by atoms with E-state index < -0.39 is 0 Å². The molecule has 7 heteroatoms. The molecule has 7 nitrogen and oxygen atoms in total. The first-order chi connectivity index (χ1) is 12.0. The Labute approximate surface area is 149 Å². The first-order valence-corrected chi connectivity index (χ1v) is 9.48. The molecule has 138 valence electrons. The highest BCUT2D eigenvalue weighted by molar-refractivity contribution is 5.89. The molecule has 1 aliphatic heterocycles. The molecule has 2 heterocycles. The zero-order valence-electron chi connectivity index (χ0n) is 15.3. The number of amides is 2. The summed E-state index contributed by atoms with van der Waals surface area (Å²) in [4.78, 5) is 26.3. The number of aromatic nitrogens is 3. The zero-order valence-corrected chi connectivity index (χ0v) is 15.3. The van der Waals surface area contributed by atoms with Crippen LogP contribution in [0.15, 0.2) is 6.33 Å². The monoisotopic (exact) mass is 347 g/mol. The summed E-state index contributed by atoms with van der Waals surface area (Å²) in [7, 11) is 0. The largest absolute Gasteiger partial charge is 0.348 e. The summed E-state index contributed by atoms with van der Waals surface area (Å²) < 4.78 is 2.12. The van der Waals surface area contributed by atoms with E-state index in [1.165, 1.54) is 19.3 Å². The molecule has 2 fully saturated rings. The maximum atomic E-state index is 12.5. The Morgan fingerprint density at radius 1 is 1.32 bits per heavy atom. The first-order valence-electron chi connectivity index (χ1n) is 9.48. The van der Waals surface area contributed by atoms with Crippen LogP contribution in [0.2, 0.25) is 0 Å². The molecule has 1 aliphatic carbocycles. The quantitative estimate of drug-likeness (QED) is 0.852. The summed E-state index contributed by atoms with van der Waals surface area (Å²) in [6.45, 7) is 5.79. The molecule has 1 aromatic rings. The van der Waals surface area contributed by atoms with Gasteiger partial charge in [-0.3, -0.25) is 9.59 Å². The molecule has 0 bridgehead atoms. The molecular formula is C18H29N5O2. The van der Waals surface area contributed by atoms with Crippen molar-refractivity contribution in [3.05, 3.63) is 12.2 Å². The standard InChI is InChI=1S/C18H29N5O2/c1-13(2)10-22-11-14(8-17(22)24)18(25)19-9-16-21-20-12-23(16)15-6-4-3-5-7-15/h12-15H,3-11H2,1-2H3,(H,19,25)/t14-/m0/s1. The van der Waals surface area contributed by atoms with Gasteiger partial charge in [0, 0.05) is 25.6 Å². The average Bonchev–Trinajstić information content (AvgIpc) is 3.20. The van der Waals surface area contributed by atoms with Crippen LogP contribution in [0.3, 0.4) is 0 Å². The fraction of sp³-hybridized carbons (Fsp3) is 0.778. The summed E-state index contributed by atoms with van der Waals surface area (Å²) in [5.74, 6) is 0.998. The van der Waals surface area contributed by atoms with E-state index in [9.17, 15) is 9.59 Å². The van der Waals surface area contributed by atoms with E-state index in [1.807, 2.05) is 0 Å². The third-order valence-corrected chi connectivity index (χ3v) is 5.21. The summed E-state index contributed by atoms with van der Waals surface area (Å²) in [6.07, 6.45) is 8.18. The van der Waals surface area contributed by atoms with Gasteiger partial charge in [0.1, 0.15) is 6.33 Å². The highest BCUT2D eigenvalue weighted by atomic mass is 16.2. The number of likely N-dealkylation sites (tertiary alicyclic amines) is 1. The Balaban J connectivity index is 1.53. The number of rotatable bonds is 6. The van der Waals surface area contributed by atoms with Crippen LogP contribution in [0.4, 0.5) is 0 Å². The smallest absolute Gasteiger partial charge is 0.225 e.